The summed E-state index contributed by atoms with van der Waals surface area (Å²) in [6, 6.07) is 7.45. The highest BCUT2D eigenvalue weighted by atomic mass is 35.5. The first-order valence-corrected chi connectivity index (χ1v) is 7.87. The van der Waals surface area contributed by atoms with E-state index < -0.39 is 22.6 Å². The molecule has 1 fully saturated rings. The Kier molecular flexibility index (Phi) is 4.70. The largest absolute Gasteiger partial charge is 0.504 e. The fourth-order valence-corrected chi connectivity index (χ4v) is 2.63. The molecule has 0 bridgehead atoms. The first kappa shape index (κ1) is 18.2. The highest BCUT2D eigenvalue weighted by molar-refractivity contribution is 6.31. The van der Waals surface area contributed by atoms with Gasteiger partial charge >= 0.3 is 6.03 Å². The molecular formula is C17H12ClN3O6. The van der Waals surface area contributed by atoms with Gasteiger partial charge in [0.2, 0.25) is 0 Å². The Balaban J connectivity index is 2.02. The molecule has 0 unspecified atom stereocenters. The van der Waals surface area contributed by atoms with Gasteiger partial charge in [-0.05, 0) is 30.3 Å². The zero-order chi connectivity index (χ0) is 19.7. The van der Waals surface area contributed by atoms with E-state index >= 15 is 0 Å². The zero-order valence-electron chi connectivity index (χ0n) is 13.8. The van der Waals surface area contributed by atoms with Crippen molar-refractivity contribution in [3.8, 4) is 11.5 Å². The molecule has 1 aliphatic rings. The second kappa shape index (κ2) is 6.96. The van der Waals surface area contributed by atoms with Crippen LogP contribution in [-0.4, -0.2) is 29.1 Å². The number of ether oxygens (including phenoxy) is 1. The SMILES string of the molecule is COc1cc([N+](=O)[O-])cc(/C=C2/NC(=O)N(c3ccc(Cl)cc3)C2=O)c1O. The standard InChI is InChI=1S/C17H12ClN3O6/c1-27-14-8-12(21(25)26)6-9(15(14)22)7-13-16(23)20(17(24)19-13)11-4-2-10(18)3-5-11/h2-8,22H,1H3,(H,19,24)/b13-7+. The molecule has 27 heavy (non-hydrogen) atoms. The number of non-ortho nitro benzene ring substituents is 1. The topological polar surface area (TPSA) is 122 Å². The predicted molar refractivity (Wildman–Crippen MR) is 96.8 cm³/mol. The van der Waals surface area contributed by atoms with Gasteiger partial charge in [0.25, 0.3) is 11.6 Å². The molecule has 0 spiro atoms. The van der Waals surface area contributed by atoms with E-state index in [9.17, 15) is 24.8 Å². The summed E-state index contributed by atoms with van der Waals surface area (Å²) in [4.78, 5) is 36.0. The number of amides is 3. The third-order valence-electron chi connectivity index (χ3n) is 3.78. The number of nitro benzene ring substituents is 1. The minimum atomic E-state index is -0.703. The molecule has 3 rings (SSSR count). The number of methoxy groups -OCH3 is 1. The van der Waals surface area contributed by atoms with Crippen molar-refractivity contribution in [3.05, 3.63) is 62.8 Å². The number of rotatable bonds is 4. The maximum Gasteiger partial charge on any atom is 0.333 e. The summed E-state index contributed by atoms with van der Waals surface area (Å²) in [7, 11) is 1.24. The van der Waals surface area contributed by atoms with Crippen molar-refractivity contribution in [2.75, 3.05) is 12.0 Å². The van der Waals surface area contributed by atoms with Gasteiger partial charge in [0.1, 0.15) is 5.70 Å². The molecular weight excluding hydrogens is 378 g/mol. The molecule has 0 atom stereocenters. The lowest BCUT2D eigenvalue weighted by molar-refractivity contribution is -0.385. The minimum absolute atomic E-state index is 0.0531. The van der Waals surface area contributed by atoms with Crippen LogP contribution in [0.5, 0.6) is 11.5 Å². The molecule has 2 N–H and O–H groups in total. The summed E-state index contributed by atoms with van der Waals surface area (Å²) in [5.74, 6) is -1.22. The van der Waals surface area contributed by atoms with Crippen molar-refractivity contribution in [2.45, 2.75) is 0 Å². The van der Waals surface area contributed by atoms with Crippen LogP contribution in [0.3, 0.4) is 0 Å². The number of anilines is 1. The van der Waals surface area contributed by atoms with Crippen LogP contribution in [0.15, 0.2) is 42.1 Å². The van der Waals surface area contributed by atoms with Crippen molar-refractivity contribution >= 4 is 41.0 Å². The van der Waals surface area contributed by atoms with Crippen LogP contribution in [-0.2, 0) is 4.79 Å². The lowest BCUT2D eigenvalue weighted by atomic mass is 10.1. The Hall–Kier alpha value is -3.59. The van der Waals surface area contributed by atoms with Crippen LogP contribution < -0.4 is 15.0 Å². The molecule has 3 amide bonds. The molecule has 138 valence electrons. The number of nitro groups is 1. The van der Waals surface area contributed by atoms with Crippen LogP contribution in [0.25, 0.3) is 6.08 Å². The number of carbonyl (C=O) groups excluding carboxylic acids is 2. The number of urea groups is 1. The molecule has 2 aromatic carbocycles. The lowest BCUT2D eigenvalue weighted by Crippen LogP contribution is -2.30. The van der Waals surface area contributed by atoms with Crippen LogP contribution in [0.4, 0.5) is 16.2 Å². The summed E-state index contributed by atoms with van der Waals surface area (Å²) < 4.78 is 4.91. The highest BCUT2D eigenvalue weighted by Gasteiger charge is 2.35. The number of carbonyl (C=O) groups is 2. The van der Waals surface area contributed by atoms with E-state index in [0.29, 0.717) is 10.7 Å². The summed E-state index contributed by atoms with van der Waals surface area (Å²) in [6.45, 7) is 0. The van der Waals surface area contributed by atoms with Crippen molar-refractivity contribution in [1.82, 2.24) is 5.32 Å². The van der Waals surface area contributed by atoms with E-state index in [0.717, 1.165) is 23.1 Å². The summed E-state index contributed by atoms with van der Waals surface area (Å²) in [5, 5.41) is 24.0. The molecule has 10 heteroatoms. The van der Waals surface area contributed by atoms with Crippen molar-refractivity contribution < 1.29 is 24.4 Å². The van der Waals surface area contributed by atoms with E-state index in [4.69, 9.17) is 16.3 Å². The van der Waals surface area contributed by atoms with Crippen LogP contribution in [0.2, 0.25) is 5.02 Å². The average Bonchev–Trinajstić information content (AvgIpc) is 2.91. The Bertz CT molecular complexity index is 987. The van der Waals surface area contributed by atoms with E-state index in [1.165, 1.54) is 31.4 Å². The number of nitrogens with zero attached hydrogens (tertiary/aromatic N) is 2. The maximum atomic E-state index is 12.6. The number of benzene rings is 2. The van der Waals surface area contributed by atoms with E-state index in [-0.39, 0.29) is 22.7 Å². The second-order valence-electron chi connectivity index (χ2n) is 5.45. The quantitative estimate of drug-likeness (QED) is 0.358. The monoisotopic (exact) mass is 389 g/mol. The molecule has 9 nitrogen and oxygen atoms in total. The van der Waals surface area contributed by atoms with Crippen LogP contribution in [0.1, 0.15) is 5.56 Å². The normalized spacial score (nSPS) is 15.2. The summed E-state index contributed by atoms with van der Waals surface area (Å²) in [6.07, 6.45) is 1.14. The van der Waals surface area contributed by atoms with Crippen molar-refractivity contribution in [1.29, 1.82) is 0 Å². The number of hydrogen-bond donors (Lipinski definition) is 2. The highest BCUT2D eigenvalue weighted by Crippen LogP contribution is 2.36. The summed E-state index contributed by atoms with van der Waals surface area (Å²) in [5.41, 5.74) is -0.260. The number of imide groups is 1. The second-order valence-corrected chi connectivity index (χ2v) is 5.88. The van der Waals surface area contributed by atoms with E-state index in [2.05, 4.69) is 5.32 Å². The molecule has 1 aliphatic heterocycles. The predicted octanol–water partition coefficient (Wildman–Crippen LogP) is 3.06. The van der Waals surface area contributed by atoms with E-state index in [1.807, 2.05) is 0 Å². The van der Waals surface area contributed by atoms with Gasteiger partial charge in [0.15, 0.2) is 11.5 Å². The van der Waals surface area contributed by atoms with Crippen LogP contribution in [0, 0.1) is 10.1 Å². The number of phenols is 1. The first-order valence-electron chi connectivity index (χ1n) is 7.50. The van der Waals surface area contributed by atoms with Crippen LogP contribution >= 0.6 is 11.6 Å². The molecule has 1 saturated heterocycles. The number of aromatic hydroxyl groups is 1. The number of phenolic OH excluding ortho intramolecular Hbond substituents is 1. The lowest BCUT2D eigenvalue weighted by Gasteiger charge is -2.11. The van der Waals surface area contributed by atoms with Gasteiger partial charge in [-0.15, -0.1) is 0 Å². The third kappa shape index (κ3) is 3.40. The van der Waals surface area contributed by atoms with Gasteiger partial charge in [-0.25, -0.2) is 9.69 Å². The Labute approximate surface area is 157 Å². The van der Waals surface area contributed by atoms with E-state index in [1.54, 1.807) is 0 Å². The average molecular weight is 390 g/mol. The Morgan fingerprint density at radius 3 is 2.52 bits per heavy atom. The van der Waals surface area contributed by atoms with Crippen molar-refractivity contribution in [3.63, 3.8) is 0 Å². The van der Waals surface area contributed by atoms with Crippen molar-refractivity contribution in [2.24, 2.45) is 0 Å². The van der Waals surface area contributed by atoms with Gasteiger partial charge in [0.05, 0.1) is 23.8 Å². The molecule has 0 aromatic heterocycles. The maximum absolute atomic E-state index is 12.6. The number of nitrogens with one attached hydrogen (secondary N) is 1. The van der Waals surface area contributed by atoms with Gasteiger partial charge in [-0.1, -0.05) is 11.6 Å². The van der Waals surface area contributed by atoms with Gasteiger partial charge in [-0.2, -0.15) is 0 Å². The minimum Gasteiger partial charge on any atom is -0.504 e. The molecule has 1 heterocycles. The zero-order valence-corrected chi connectivity index (χ0v) is 14.6. The molecule has 0 saturated carbocycles. The number of hydrogen-bond acceptors (Lipinski definition) is 6. The molecule has 0 aliphatic carbocycles. The van der Waals surface area contributed by atoms with Gasteiger partial charge < -0.3 is 15.2 Å². The number of halogens is 1. The third-order valence-corrected chi connectivity index (χ3v) is 4.03. The molecule has 2 aromatic rings. The smallest absolute Gasteiger partial charge is 0.333 e. The van der Waals surface area contributed by atoms with Gasteiger partial charge in [0, 0.05) is 16.7 Å². The first-order chi connectivity index (χ1) is 12.8. The fraction of sp³-hybridized carbons (Fsp3) is 0.0588. The Morgan fingerprint density at radius 1 is 1.26 bits per heavy atom. The summed E-state index contributed by atoms with van der Waals surface area (Å²) >= 11 is 5.80. The Morgan fingerprint density at radius 2 is 1.93 bits per heavy atom. The van der Waals surface area contributed by atoms with Gasteiger partial charge in [-0.3, -0.25) is 14.9 Å². The molecule has 0 radical (unpaired) electrons. The fourth-order valence-electron chi connectivity index (χ4n) is 2.50.